The van der Waals surface area contributed by atoms with Gasteiger partial charge in [-0.05, 0) is 30.3 Å². The van der Waals surface area contributed by atoms with Crippen molar-refractivity contribution in [3.63, 3.8) is 0 Å². The summed E-state index contributed by atoms with van der Waals surface area (Å²) in [6.45, 7) is -0.0382. The highest BCUT2D eigenvalue weighted by Crippen LogP contribution is 2.30. The number of benzene rings is 2. The number of rotatable bonds is 4. The van der Waals surface area contributed by atoms with Crippen molar-refractivity contribution in [2.45, 2.75) is 0 Å². The third-order valence-corrected chi connectivity index (χ3v) is 3.39. The molecule has 0 fully saturated rings. The summed E-state index contributed by atoms with van der Waals surface area (Å²) in [6.07, 6.45) is 0. The van der Waals surface area contributed by atoms with E-state index in [0.717, 1.165) is 11.1 Å². The van der Waals surface area contributed by atoms with Gasteiger partial charge in [0.15, 0.2) is 5.58 Å². The number of methoxy groups -OCH3 is 1. The number of amides is 1. The van der Waals surface area contributed by atoms with Crippen LogP contribution >= 0.6 is 11.6 Å². The molecule has 0 unspecified atom stereocenters. The molecule has 0 aliphatic heterocycles. The van der Waals surface area contributed by atoms with Gasteiger partial charge < -0.3 is 14.5 Å². The normalized spacial score (nSPS) is 10.8. The number of carbonyl (C=O) groups excluding carboxylic acids is 1. The topological polar surface area (TPSA) is 64.4 Å². The number of para-hydroxylation sites is 2. The van der Waals surface area contributed by atoms with Crippen molar-refractivity contribution in [1.29, 1.82) is 0 Å². The zero-order chi connectivity index (χ0) is 15.5. The van der Waals surface area contributed by atoms with Crippen molar-refractivity contribution in [3.05, 3.63) is 47.5 Å². The van der Waals surface area contributed by atoms with Gasteiger partial charge in [-0.1, -0.05) is 23.7 Å². The van der Waals surface area contributed by atoms with Crippen molar-refractivity contribution in [2.75, 3.05) is 19.0 Å². The molecule has 1 aromatic heterocycles. The lowest BCUT2D eigenvalue weighted by Crippen LogP contribution is -2.17. The van der Waals surface area contributed by atoms with Crippen LogP contribution in [0.5, 0.6) is 0 Å². The van der Waals surface area contributed by atoms with Crippen LogP contribution in [-0.2, 0) is 9.53 Å². The van der Waals surface area contributed by atoms with Crippen molar-refractivity contribution < 1.29 is 13.9 Å². The van der Waals surface area contributed by atoms with Crippen molar-refractivity contribution in [3.8, 4) is 11.5 Å². The minimum absolute atomic E-state index is 0.0382. The monoisotopic (exact) mass is 316 g/mol. The van der Waals surface area contributed by atoms with Gasteiger partial charge in [-0.25, -0.2) is 4.98 Å². The second-order valence-electron chi connectivity index (χ2n) is 4.66. The first kappa shape index (κ1) is 14.6. The number of carbonyl (C=O) groups is 1. The molecule has 3 aromatic rings. The van der Waals surface area contributed by atoms with Gasteiger partial charge in [0.1, 0.15) is 12.1 Å². The molecule has 22 heavy (non-hydrogen) atoms. The van der Waals surface area contributed by atoms with E-state index >= 15 is 0 Å². The molecule has 112 valence electrons. The van der Waals surface area contributed by atoms with Gasteiger partial charge in [0.2, 0.25) is 11.8 Å². The molecule has 0 saturated carbocycles. The Hall–Kier alpha value is -2.37. The van der Waals surface area contributed by atoms with Crippen LogP contribution in [0.15, 0.2) is 46.9 Å². The number of fused-ring (bicyclic) bond motifs is 1. The third-order valence-electron chi connectivity index (χ3n) is 3.06. The first-order valence-corrected chi connectivity index (χ1v) is 6.99. The average molecular weight is 317 g/mol. The van der Waals surface area contributed by atoms with E-state index in [-0.39, 0.29) is 12.5 Å². The maximum atomic E-state index is 11.6. The van der Waals surface area contributed by atoms with Crippen LogP contribution in [0, 0.1) is 0 Å². The molecule has 0 atom stereocenters. The SMILES string of the molecule is COCC(=O)Nc1cc(-c2nc3ccccc3o2)ccc1Cl. The zero-order valence-corrected chi connectivity index (χ0v) is 12.6. The number of nitrogens with one attached hydrogen (secondary N) is 1. The molecule has 0 radical (unpaired) electrons. The van der Waals surface area contributed by atoms with E-state index in [0.29, 0.717) is 22.2 Å². The highest BCUT2D eigenvalue weighted by Gasteiger charge is 2.11. The van der Waals surface area contributed by atoms with Crippen LogP contribution in [0.25, 0.3) is 22.6 Å². The molecule has 0 bridgehead atoms. The molecule has 0 aliphatic carbocycles. The maximum absolute atomic E-state index is 11.6. The molecule has 6 heteroatoms. The van der Waals surface area contributed by atoms with E-state index in [1.54, 1.807) is 18.2 Å². The molecule has 5 nitrogen and oxygen atoms in total. The number of hydrogen-bond donors (Lipinski definition) is 1. The summed E-state index contributed by atoms with van der Waals surface area (Å²) in [5, 5.41) is 3.12. The maximum Gasteiger partial charge on any atom is 0.250 e. The fraction of sp³-hybridized carbons (Fsp3) is 0.125. The Morgan fingerprint density at radius 2 is 2.14 bits per heavy atom. The molecule has 1 heterocycles. The number of aromatic nitrogens is 1. The van der Waals surface area contributed by atoms with Crippen LogP contribution in [-0.4, -0.2) is 24.6 Å². The average Bonchev–Trinajstić information content (AvgIpc) is 2.93. The van der Waals surface area contributed by atoms with Gasteiger partial charge >= 0.3 is 0 Å². The first-order valence-electron chi connectivity index (χ1n) is 6.61. The van der Waals surface area contributed by atoms with Crippen molar-refractivity contribution in [1.82, 2.24) is 4.98 Å². The molecule has 0 aliphatic rings. The number of ether oxygens (including phenoxy) is 1. The van der Waals surface area contributed by atoms with Gasteiger partial charge in [-0.2, -0.15) is 0 Å². The molecule has 2 aromatic carbocycles. The van der Waals surface area contributed by atoms with E-state index < -0.39 is 0 Å². The highest BCUT2D eigenvalue weighted by atomic mass is 35.5. The molecule has 3 rings (SSSR count). The van der Waals surface area contributed by atoms with Crippen LogP contribution in [0.3, 0.4) is 0 Å². The minimum atomic E-state index is -0.279. The standard InChI is InChI=1S/C16H13ClN2O3/c1-21-9-15(20)18-13-8-10(6-7-11(13)17)16-19-12-4-2-3-5-14(12)22-16/h2-8H,9H2,1H3,(H,18,20). The van der Waals surface area contributed by atoms with E-state index in [1.807, 2.05) is 24.3 Å². The molecule has 0 saturated heterocycles. The Balaban J connectivity index is 1.95. The third kappa shape index (κ3) is 2.95. The summed E-state index contributed by atoms with van der Waals surface area (Å²) in [5.74, 6) is 0.194. The zero-order valence-electron chi connectivity index (χ0n) is 11.8. The Morgan fingerprint density at radius 3 is 2.91 bits per heavy atom. The van der Waals surface area contributed by atoms with Crippen LogP contribution in [0.2, 0.25) is 5.02 Å². The Bertz CT molecular complexity index is 796. The Labute approximate surface area is 131 Å². The quantitative estimate of drug-likeness (QED) is 0.796. The summed E-state index contributed by atoms with van der Waals surface area (Å²) >= 11 is 6.10. The molecule has 0 spiro atoms. The van der Waals surface area contributed by atoms with Gasteiger partial charge in [0.05, 0.1) is 10.7 Å². The van der Waals surface area contributed by atoms with Gasteiger partial charge in [0, 0.05) is 12.7 Å². The second kappa shape index (κ2) is 6.17. The fourth-order valence-electron chi connectivity index (χ4n) is 2.07. The minimum Gasteiger partial charge on any atom is -0.436 e. The lowest BCUT2D eigenvalue weighted by molar-refractivity contribution is -0.119. The number of anilines is 1. The lowest BCUT2D eigenvalue weighted by atomic mass is 10.2. The van der Waals surface area contributed by atoms with E-state index in [4.69, 9.17) is 20.8 Å². The van der Waals surface area contributed by atoms with Gasteiger partial charge in [-0.15, -0.1) is 0 Å². The lowest BCUT2D eigenvalue weighted by Gasteiger charge is -2.07. The van der Waals surface area contributed by atoms with Crippen LogP contribution in [0.4, 0.5) is 5.69 Å². The predicted octanol–water partition coefficient (Wildman–Crippen LogP) is 3.73. The fourth-order valence-corrected chi connectivity index (χ4v) is 2.23. The number of oxazole rings is 1. The van der Waals surface area contributed by atoms with Gasteiger partial charge in [-0.3, -0.25) is 4.79 Å². The largest absolute Gasteiger partial charge is 0.436 e. The predicted molar refractivity (Wildman–Crippen MR) is 85.0 cm³/mol. The Morgan fingerprint density at radius 1 is 1.32 bits per heavy atom. The molecule has 1 amide bonds. The highest BCUT2D eigenvalue weighted by molar-refractivity contribution is 6.33. The molecule has 1 N–H and O–H groups in total. The summed E-state index contributed by atoms with van der Waals surface area (Å²) in [4.78, 5) is 16.0. The van der Waals surface area contributed by atoms with Crippen LogP contribution in [0.1, 0.15) is 0 Å². The van der Waals surface area contributed by atoms with Crippen LogP contribution < -0.4 is 5.32 Å². The number of hydrogen-bond acceptors (Lipinski definition) is 4. The van der Waals surface area contributed by atoms with Crippen molar-refractivity contribution in [2.24, 2.45) is 0 Å². The van der Waals surface area contributed by atoms with E-state index in [1.165, 1.54) is 7.11 Å². The Kier molecular flexibility index (Phi) is 4.09. The molecular weight excluding hydrogens is 304 g/mol. The summed E-state index contributed by atoms with van der Waals surface area (Å²) in [7, 11) is 1.45. The van der Waals surface area contributed by atoms with E-state index in [9.17, 15) is 4.79 Å². The van der Waals surface area contributed by atoms with E-state index in [2.05, 4.69) is 10.3 Å². The number of halogens is 1. The smallest absolute Gasteiger partial charge is 0.250 e. The first-order chi connectivity index (χ1) is 10.7. The van der Waals surface area contributed by atoms with Gasteiger partial charge in [0.25, 0.3) is 0 Å². The summed E-state index contributed by atoms with van der Waals surface area (Å²) in [6, 6.07) is 12.7. The summed E-state index contributed by atoms with van der Waals surface area (Å²) in [5.41, 5.74) is 2.70. The second-order valence-corrected chi connectivity index (χ2v) is 5.07. The number of nitrogens with zero attached hydrogens (tertiary/aromatic N) is 1. The van der Waals surface area contributed by atoms with Crippen molar-refractivity contribution >= 4 is 34.3 Å². The summed E-state index contributed by atoms with van der Waals surface area (Å²) < 4.78 is 10.5. The molecular formula is C16H13ClN2O3.